The van der Waals surface area contributed by atoms with Gasteiger partial charge in [-0.25, -0.2) is 4.98 Å². The molecule has 5 heteroatoms. The van der Waals surface area contributed by atoms with E-state index in [1.165, 1.54) is 10.8 Å². The van der Waals surface area contributed by atoms with Gasteiger partial charge in [0.05, 0.1) is 5.92 Å². The number of carboxylic acids is 1. The van der Waals surface area contributed by atoms with Crippen molar-refractivity contribution < 1.29 is 9.90 Å². The second-order valence-corrected chi connectivity index (χ2v) is 2.75. The molecule has 0 bridgehead atoms. The van der Waals surface area contributed by atoms with Gasteiger partial charge in [0.15, 0.2) is 0 Å². The van der Waals surface area contributed by atoms with Crippen LogP contribution in [0.25, 0.3) is 0 Å². The van der Waals surface area contributed by atoms with Crippen molar-refractivity contribution in [3.8, 4) is 6.07 Å². The fourth-order valence-corrected chi connectivity index (χ4v) is 0.943. The van der Waals surface area contributed by atoms with Crippen LogP contribution in [0.1, 0.15) is 12.7 Å². The molecule has 1 aromatic rings. The number of rotatable bonds is 3. The first-order valence-corrected chi connectivity index (χ1v) is 3.79. The predicted octanol–water partition coefficient (Wildman–Crippen LogP) is 0.475. The van der Waals surface area contributed by atoms with Gasteiger partial charge in [-0.2, -0.15) is 5.26 Å². The van der Waals surface area contributed by atoms with Crippen LogP contribution in [0.3, 0.4) is 0 Å². The number of imidazole rings is 1. The lowest BCUT2D eigenvalue weighted by atomic mass is 10.2. The van der Waals surface area contributed by atoms with Crippen LogP contribution in [0.4, 0.5) is 0 Å². The summed E-state index contributed by atoms with van der Waals surface area (Å²) in [6.45, 7) is 1.86. The molecular formula is C8H9N3O2. The lowest BCUT2D eigenvalue weighted by Crippen LogP contribution is -2.17. The van der Waals surface area contributed by atoms with E-state index >= 15 is 0 Å². The molecule has 1 heterocycles. The normalized spacial score (nSPS) is 12.0. The monoisotopic (exact) mass is 179 g/mol. The minimum absolute atomic E-state index is 0.244. The number of carboxylic acid groups (broad SMARTS) is 1. The van der Waals surface area contributed by atoms with Gasteiger partial charge in [-0.3, -0.25) is 4.79 Å². The third kappa shape index (κ3) is 2.06. The molecule has 0 spiro atoms. The molecule has 0 saturated heterocycles. The third-order valence-corrected chi connectivity index (χ3v) is 1.71. The van der Waals surface area contributed by atoms with Crippen LogP contribution in [0.15, 0.2) is 12.4 Å². The molecule has 13 heavy (non-hydrogen) atoms. The first kappa shape index (κ1) is 9.26. The predicted molar refractivity (Wildman–Crippen MR) is 43.7 cm³/mol. The molecule has 1 N–H and O–H groups in total. The molecule has 0 amide bonds. The zero-order chi connectivity index (χ0) is 9.84. The van der Waals surface area contributed by atoms with Gasteiger partial charge in [-0.1, -0.05) is 6.92 Å². The Morgan fingerprint density at radius 2 is 2.62 bits per heavy atom. The Morgan fingerprint density at radius 3 is 3.15 bits per heavy atom. The zero-order valence-electron chi connectivity index (χ0n) is 7.14. The summed E-state index contributed by atoms with van der Waals surface area (Å²) in [6.07, 6.45) is 3.07. The second kappa shape index (κ2) is 3.72. The molecule has 68 valence electrons. The van der Waals surface area contributed by atoms with Gasteiger partial charge < -0.3 is 9.67 Å². The Bertz CT molecular complexity index is 351. The Kier molecular flexibility index (Phi) is 2.65. The zero-order valence-corrected chi connectivity index (χ0v) is 7.14. The smallest absolute Gasteiger partial charge is 0.308 e. The lowest BCUT2D eigenvalue weighted by molar-refractivity contribution is -0.141. The highest BCUT2D eigenvalue weighted by molar-refractivity contribution is 5.69. The highest BCUT2D eigenvalue weighted by atomic mass is 16.4. The third-order valence-electron chi connectivity index (χ3n) is 1.71. The molecule has 0 aliphatic rings. The van der Waals surface area contributed by atoms with Crippen LogP contribution in [-0.4, -0.2) is 20.6 Å². The van der Waals surface area contributed by atoms with Crippen LogP contribution >= 0.6 is 0 Å². The molecular weight excluding hydrogens is 170 g/mol. The number of nitriles is 1. The van der Waals surface area contributed by atoms with E-state index in [4.69, 9.17) is 10.4 Å². The fraction of sp³-hybridized carbons (Fsp3) is 0.375. The molecule has 5 nitrogen and oxygen atoms in total. The topological polar surface area (TPSA) is 78.9 Å². The fourth-order valence-electron chi connectivity index (χ4n) is 0.943. The van der Waals surface area contributed by atoms with Gasteiger partial charge in [-0.15, -0.1) is 0 Å². The summed E-state index contributed by atoms with van der Waals surface area (Å²) in [4.78, 5) is 14.3. The quantitative estimate of drug-likeness (QED) is 0.731. The Morgan fingerprint density at radius 1 is 1.92 bits per heavy atom. The lowest BCUT2D eigenvalue weighted by Gasteiger charge is -2.06. The van der Waals surface area contributed by atoms with Crippen LogP contribution in [0, 0.1) is 17.2 Å². The highest BCUT2D eigenvalue weighted by Crippen LogP contribution is 2.03. The number of carbonyl (C=O) groups is 1. The average molecular weight is 179 g/mol. The van der Waals surface area contributed by atoms with Gasteiger partial charge in [0.2, 0.25) is 5.82 Å². The minimum Gasteiger partial charge on any atom is -0.481 e. The number of hydrogen-bond donors (Lipinski definition) is 1. The van der Waals surface area contributed by atoms with Crippen LogP contribution in [-0.2, 0) is 11.3 Å². The summed E-state index contributed by atoms with van der Waals surface area (Å²) in [5, 5.41) is 17.2. The van der Waals surface area contributed by atoms with E-state index in [-0.39, 0.29) is 12.4 Å². The second-order valence-electron chi connectivity index (χ2n) is 2.75. The van der Waals surface area contributed by atoms with E-state index in [0.717, 1.165) is 0 Å². The largest absolute Gasteiger partial charge is 0.481 e. The molecule has 0 aliphatic carbocycles. The molecule has 1 rings (SSSR count). The maximum absolute atomic E-state index is 10.5. The van der Waals surface area contributed by atoms with Crippen molar-refractivity contribution in [1.82, 2.24) is 9.55 Å². The van der Waals surface area contributed by atoms with E-state index in [2.05, 4.69) is 4.98 Å². The van der Waals surface area contributed by atoms with Crippen LogP contribution in [0.5, 0.6) is 0 Å². The van der Waals surface area contributed by atoms with E-state index in [1.54, 1.807) is 13.1 Å². The van der Waals surface area contributed by atoms with E-state index in [1.807, 2.05) is 6.07 Å². The summed E-state index contributed by atoms with van der Waals surface area (Å²) in [5.41, 5.74) is 0. The summed E-state index contributed by atoms with van der Waals surface area (Å²) >= 11 is 0. The first-order valence-electron chi connectivity index (χ1n) is 3.79. The van der Waals surface area contributed by atoms with E-state index in [0.29, 0.717) is 0 Å². The van der Waals surface area contributed by atoms with Crippen LogP contribution in [0.2, 0.25) is 0 Å². The molecule has 0 fully saturated rings. The number of aliphatic carboxylic acids is 1. The number of hydrogen-bond acceptors (Lipinski definition) is 3. The average Bonchev–Trinajstić information content (AvgIpc) is 2.51. The van der Waals surface area contributed by atoms with Crippen molar-refractivity contribution in [3.63, 3.8) is 0 Å². The summed E-state index contributed by atoms with van der Waals surface area (Å²) in [5.74, 6) is -1.15. The van der Waals surface area contributed by atoms with Gasteiger partial charge in [0, 0.05) is 18.9 Å². The summed E-state index contributed by atoms with van der Waals surface area (Å²) in [7, 11) is 0. The first-order chi connectivity index (χ1) is 6.15. The molecule has 1 atom stereocenters. The standard InChI is InChI=1S/C8H9N3O2/c1-6(8(12)13)5-11-3-2-10-7(11)4-9/h2-3,6H,5H2,1H3,(H,12,13). The highest BCUT2D eigenvalue weighted by Gasteiger charge is 2.13. The maximum atomic E-state index is 10.5. The SMILES string of the molecule is CC(Cn1ccnc1C#N)C(=O)O. The Labute approximate surface area is 75.2 Å². The molecule has 0 radical (unpaired) electrons. The molecule has 0 aliphatic heterocycles. The van der Waals surface area contributed by atoms with Crippen LogP contribution < -0.4 is 0 Å². The van der Waals surface area contributed by atoms with Crippen molar-refractivity contribution in [2.24, 2.45) is 5.92 Å². The minimum atomic E-state index is -0.877. The summed E-state index contributed by atoms with van der Waals surface area (Å²) < 4.78 is 1.53. The molecule has 0 aromatic carbocycles. The van der Waals surface area contributed by atoms with Crippen molar-refractivity contribution in [2.75, 3.05) is 0 Å². The molecule has 0 saturated carbocycles. The van der Waals surface area contributed by atoms with Gasteiger partial charge >= 0.3 is 5.97 Å². The van der Waals surface area contributed by atoms with E-state index < -0.39 is 11.9 Å². The van der Waals surface area contributed by atoms with Crippen molar-refractivity contribution >= 4 is 5.97 Å². The van der Waals surface area contributed by atoms with Gasteiger partial charge in [0.1, 0.15) is 6.07 Å². The van der Waals surface area contributed by atoms with Crippen molar-refractivity contribution in [2.45, 2.75) is 13.5 Å². The Balaban J connectivity index is 2.75. The van der Waals surface area contributed by atoms with Gasteiger partial charge in [-0.05, 0) is 0 Å². The molecule has 1 aromatic heterocycles. The number of aromatic nitrogens is 2. The van der Waals surface area contributed by atoms with E-state index in [9.17, 15) is 4.79 Å². The number of nitrogens with zero attached hydrogens (tertiary/aromatic N) is 3. The Hall–Kier alpha value is -1.83. The van der Waals surface area contributed by atoms with Crippen molar-refractivity contribution in [3.05, 3.63) is 18.2 Å². The van der Waals surface area contributed by atoms with Gasteiger partial charge in [0.25, 0.3) is 0 Å². The maximum Gasteiger partial charge on any atom is 0.308 e. The summed E-state index contributed by atoms with van der Waals surface area (Å²) in [6, 6.07) is 1.88. The van der Waals surface area contributed by atoms with Crippen molar-refractivity contribution in [1.29, 1.82) is 5.26 Å². The molecule has 1 unspecified atom stereocenters.